The molecular weight excluding hydrogens is 254 g/mol. The molecule has 1 saturated heterocycles. The van der Waals surface area contributed by atoms with E-state index in [2.05, 4.69) is 0 Å². The molecule has 0 aliphatic carbocycles. The zero-order valence-corrected chi connectivity index (χ0v) is 12.1. The predicted molar refractivity (Wildman–Crippen MR) is 79.6 cm³/mol. The first-order valence-electron chi connectivity index (χ1n) is 7.00. The van der Waals surface area contributed by atoms with Crippen molar-refractivity contribution in [3.05, 3.63) is 23.8 Å². The summed E-state index contributed by atoms with van der Waals surface area (Å²) in [6.45, 7) is 3.26. The highest BCUT2D eigenvalue weighted by molar-refractivity contribution is 5.81. The van der Waals surface area contributed by atoms with Crippen LogP contribution in [-0.4, -0.2) is 37.0 Å². The van der Waals surface area contributed by atoms with Crippen molar-refractivity contribution >= 4 is 11.6 Å². The van der Waals surface area contributed by atoms with Gasteiger partial charge in [-0.05, 0) is 43.4 Å². The fourth-order valence-corrected chi connectivity index (χ4v) is 2.70. The van der Waals surface area contributed by atoms with Gasteiger partial charge in [0.15, 0.2) is 0 Å². The summed E-state index contributed by atoms with van der Waals surface area (Å²) in [6.07, 6.45) is 1.90. The summed E-state index contributed by atoms with van der Waals surface area (Å²) in [4.78, 5) is 13.7. The Bertz CT molecular complexity index is 480. The monoisotopic (exact) mass is 277 g/mol. The third-order valence-electron chi connectivity index (χ3n) is 3.93. The van der Waals surface area contributed by atoms with Gasteiger partial charge in [0.1, 0.15) is 5.75 Å². The summed E-state index contributed by atoms with van der Waals surface area (Å²) >= 11 is 0. The molecule has 0 unspecified atom stereocenters. The van der Waals surface area contributed by atoms with Gasteiger partial charge in [-0.15, -0.1) is 0 Å². The number of benzene rings is 1. The zero-order valence-electron chi connectivity index (χ0n) is 12.1. The topological polar surface area (TPSA) is 81.6 Å². The maximum atomic E-state index is 11.9. The summed E-state index contributed by atoms with van der Waals surface area (Å²) in [5.74, 6) is 1.21. The standard InChI is InChI=1S/C15H23N3O2/c1-10(16)15(19)18-7-5-11(6-8-18)12-3-4-13(17)14(9-12)20-2/h3-4,9-11H,5-8,16-17H2,1-2H3/t10-/m0/s1. The smallest absolute Gasteiger partial charge is 0.239 e. The SMILES string of the molecule is COc1cc(C2CCN(C(=O)[C@H](C)N)CC2)ccc1N. The third-order valence-corrected chi connectivity index (χ3v) is 3.93. The molecule has 110 valence electrons. The van der Waals surface area contributed by atoms with E-state index in [9.17, 15) is 4.79 Å². The Morgan fingerprint density at radius 2 is 2.05 bits per heavy atom. The molecule has 1 amide bonds. The minimum absolute atomic E-state index is 0.0401. The molecule has 1 aromatic carbocycles. The van der Waals surface area contributed by atoms with Gasteiger partial charge in [-0.25, -0.2) is 0 Å². The Morgan fingerprint density at radius 1 is 1.40 bits per heavy atom. The summed E-state index contributed by atoms with van der Waals surface area (Å²) in [7, 11) is 1.62. The summed E-state index contributed by atoms with van der Waals surface area (Å²) in [6, 6.07) is 5.52. The van der Waals surface area contributed by atoms with Gasteiger partial charge in [-0.3, -0.25) is 4.79 Å². The molecule has 0 saturated carbocycles. The van der Waals surface area contributed by atoms with E-state index in [1.165, 1.54) is 5.56 Å². The number of nitrogens with two attached hydrogens (primary N) is 2. The number of likely N-dealkylation sites (tertiary alicyclic amines) is 1. The number of anilines is 1. The van der Waals surface area contributed by atoms with Gasteiger partial charge in [-0.2, -0.15) is 0 Å². The van der Waals surface area contributed by atoms with Crippen LogP contribution in [0.15, 0.2) is 18.2 Å². The van der Waals surface area contributed by atoms with E-state index in [1.54, 1.807) is 14.0 Å². The van der Waals surface area contributed by atoms with Gasteiger partial charge in [0.05, 0.1) is 18.8 Å². The second kappa shape index (κ2) is 6.13. The van der Waals surface area contributed by atoms with E-state index >= 15 is 0 Å². The molecule has 1 aliphatic heterocycles. The van der Waals surface area contributed by atoms with Gasteiger partial charge in [0, 0.05) is 13.1 Å². The predicted octanol–water partition coefficient (Wildman–Crippen LogP) is 1.33. The lowest BCUT2D eigenvalue weighted by molar-refractivity contribution is -0.133. The van der Waals surface area contributed by atoms with E-state index in [0.29, 0.717) is 11.6 Å². The number of amides is 1. The van der Waals surface area contributed by atoms with Crippen molar-refractivity contribution in [3.8, 4) is 5.75 Å². The Labute approximate surface area is 119 Å². The average Bonchev–Trinajstić information content (AvgIpc) is 2.47. The van der Waals surface area contributed by atoms with E-state index < -0.39 is 6.04 Å². The highest BCUT2D eigenvalue weighted by Crippen LogP contribution is 2.32. The molecular formula is C15H23N3O2. The summed E-state index contributed by atoms with van der Waals surface area (Å²) < 4.78 is 5.26. The average molecular weight is 277 g/mol. The molecule has 0 radical (unpaired) electrons. The molecule has 1 aliphatic rings. The van der Waals surface area contributed by atoms with Gasteiger partial charge in [0.2, 0.25) is 5.91 Å². The fourth-order valence-electron chi connectivity index (χ4n) is 2.70. The van der Waals surface area contributed by atoms with Crippen LogP contribution in [0.1, 0.15) is 31.2 Å². The van der Waals surface area contributed by atoms with Gasteiger partial charge in [0.25, 0.3) is 0 Å². The number of hydrogen-bond acceptors (Lipinski definition) is 4. The van der Waals surface area contributed by atoms with Crippen LogP contribution in [0.2, 0.25) is 0 Å². The second-order valence-electron chi connectivity index (χ2n) is 5.39. The maximum absolute atomic E-state index is 11.9. The van der Waals surface area contributed by atoms with E-state index in [-0.39, 0.29) is 5.91 Å². The minimum atomic E-state index is -0.414. The quantitative estimate of drug-likeness (QED) is 0.817. The van der Waals surface area contributed by atoms with Crippen LogP contribution in [-0.2, 0) is 4.79 Å². The van der Waals surface area contributed by atoms with Gasteiger partial charge >= 0.3 is 0 Å². The number of hydrogen-bond donors (Lipinski definition) is 2. The Hall–Kier alpha value is -1.75. The van der Waals surface area contributed by atoms with Crippen molar-refractivity contribution in [1.82, 2.24) is 4.90 Å². The molecule has 1 atom stereocenters. The summed E-state index contributed by atoms with van der Waals surface area (Å²) in [5.41, 5.74) is 13.4. The number of ether oxygens (including phenoxy) is 1. The molecule has 4 N–H and O–H groups in total. The highest BCUT2D eigenvalue weighted by Gasteiger charge is 2.25. The fraction of sp³-hybridized carbons (Fsp3) is 0.533. The maximum Gasteiger partial charge on any atom is 0.239 e. The number of methoxy groups -OCH3 is 1. The first-order valence-corrected chi connectivity index (χ1v) is 7.00. The minimum Gasteiger partial charge on any atom is -0.495 e. The zero-order chi connectivity index (χ0) is 14.7. The first kappa shape index (κ1) is 14.7. The number of carbonyl (C=O) groups excluding carboxylic acids is 1. The second-order valence-corrected chi connectivity index (χ2v) is 5.39. The largest absolute Gasteiger partial charge is 0.495 e. The molecule has 5 heteroatoms. The lowest BCUT2D eigenvalue weighted by Gasteiger charge is -2.33. The molecule has 0 bridgehead atoms. The molecule has 0 spiro atoms. The van der Waals surface area contributed by atoms with Crippen LogP contribution in [0, 0.1) is 0 Å². The van der Waals surface area contributed by atoms with Gasteiger partial charge in [-0.1, -0.05) is 6.07 Å². The molecule has 1 heterocycles. The van der Waals surface area contributed by atoms with Crippen LogP contribution in [0.25, 0.3) is 0 Å². The third kappa shape index (κ3) is 3.04. The van der Waals surface area contributed by atoms with Crippen LogP contribution in [0.4, 0.5) is 5.69 Å². The van der Waals surface area contributed by atoms with Crippen molar-refractivity contribution in [1.29, 1.82) is 0 Å². The molecule has 5 nitrogen and oxygen atoms in total. The van der Waals surface area contributed by atoms with Crippen molar-refractivity contribution in [2.24, 2.45) is 5.73 Å². The molecule has 0 aromatic heterocycles. The van der Waals surface area contributed by atoms with Crippen LogP contribution in [0.3, 0.4) is 0 Å². The van der Waals surface area contributed by atoms with Crippen molar-refractivity contribution < 1.29 is 9.53 Å². The van der Waals surface area contributed by atoms with Gasteiger partial charge < -0.3 is 21.1 Å². The van der Waals surface area contributed by atoms with Crippen LogP contribution < -0.4 is 16.2 Å². The van der Waals surface area contributed by atoms with E-state index in [0.717, 1.165) is 31.7 Å². The summed E-state index contributed by atoms with van der Waals surface area (Å²) in [5, 5.41) is 0. The highest BCUT2D eigenvalue weighted by atomic mass is 16.5. The number of carbonyl (C=O) groups is 1. The lowest BCUT2D eigenvalue weighted by Crippen LogP contribution is -2.45. The molecule has 1 fully saturated rings. The number of piperidine rings is 1. The molecule has 20 heavy (non-hydrogen) atoms. The first-order chi connectivity index (χ1) is 9.52. The number of rotatable bonds is 3. The lowest BCUT2D eigenvalue weighted by atomic mass is 9.89. The molecule has 2 rings (SSSR count). The van der Waals surface area contributed by atoms with E-state index in [4.69, 9.17) is 16.2 Å². The Kier molecular flexibility index (Phi) is 4.49. The van der Waals surface area contributed by atoms with Crippen molar-refractivity contribution in [3.63, 3.8) is 0 Å². The Balaban J connectivity index is 2.02. The van der Waals surface area contributed by atoms with Crippen LogP contribution in [0.5, 0.6) is 5.75 Å². The normalized spacial score (nSPS) is 17.9. The van der Waals surface area contributed by atoms with Crippen LogP contribution >= 0.6 is 0 Å². The number of nitrogen functional groups attached to an aromatic ring is 1. The van der Waals surface area contributed by atoms with E-state index in [1.807, 2.05) is 23.1 Å². The number of nitrogens with zero attached hydrogens (tertiary/aromatic N) is 1. The van der Waals surface area contributed by atoms with Crippen molar-refractivity contribution in [2.75, 3.05) is 25.9 Å². The molecule has 1 aromatic rings. The Morgan fingerprint density at radius 3 is 2.60 bits per heavy atom. The van der Waals surface area contributed by atoms with Crippen molar-refractivity contribution in [2.45, 2.75) is 31.7 Å².